The minimum atomic E-state index is -0.299. The maximum atomic E-state index is 12.2. The molecule has 5 nitrogen and oxygen atoms in total. The van der Waals surface area contributed by atoms with E-state index in [9.17, 15) is 9.59 Å². The highest BCUT2D eigenvalue weighted by Crippen LogP contribution is 2.53. The van der Waals surface area contributed by atoms with Gasteiger partial charge in [-0.1, -0.05) is 12.1 Å². The maximum absolute atomic E-state index is 12.2. The Balaban J connectivity index is 2.07. The molecule has 1 aliphatic carbocycles. The van der Waals surface area contributed by atoms with Crippen molar-refractivity contribution in [1.82, 2.24) is 0 Å². The van der Waals surface area contributed by atoms with E-state index >= 15 is 0 Å². The summed E-state index contributed by atoms with van der Waals surface area (Å²) >= 11 is 0. The number of rotatable bonds is 2. The Morgan fingerprint density at radius 2 is 2.00 bits per heavy atom. The molecule has 3 atom stereocenters. The first-order valence-electron chi connectivity index (χ1n) is 7.18. The molecule has 2 aliphatic rings. The van der Waals surface area contributed by atoms with Crippen molar-refractivity contribution in [2.24, 2.45) is 0 Å². The van der Waals surface area contributed by atoms with Gasteiger partial charge in [-0.25, -0.2) is 0 Å². The van der Waals surface area contributed by atoms with Crippen LogP contribution >= 0.6 is 0 Å². The molecule has 0 spiro atoms. The maximum Gasteiger partial charge on any atom is 0.302 e. The number of hydrogen-bond donors (Lipinski definition) is 0. The van der Waals surface area contributed by atoms with Crippen molar-refractivity contribution in [2.45, 2.75) is 44.8 Å². The van der Waals surface area contributed by atoms with Crippen LogP contribution in [-0.2, 0) is 14.3 Å². The van der Waals surface area contributed by atoms with Gasteiger partial charge in [-0.2, -0.15) is 0 Å². The molecule has 3 rings (SSSR count). The topological polar surface area (TPSA) is 55.8 Å². The molecule has 0 radical (unpaired) electrons. The molecule has 1 heterocycles. The molecule has 5 heteroatoms. The van der Waals surface area contributed by atoms with Gasteiger partial charge in [0.2, 0.25) is 5.91 Å². The summed E-state index contributed by atoms with van der Waals surface area (Å²) in [5.41, 5.74) is 1.95. The number of carbonyl (C=O) groups excluding carboxylic acids is 2. The molecular weight excluding hydrogens is 270 g/mol. The lowest BCUT2D eigenvalue weighted by molar-refractivity contribution is -0.147. The molecule has 0 aromatic heterocycles. The number of hydrogen-bond acceptors (Lipinski definition) is 4. The molecule has 1 fully saturated rings. The highest BCUT2D eigenvalue weighted by molar-refractivity contribution is 5.97. The summed E-state index contributed by atoms with van der Waals surface area (Å²) < 4.78 is 10.9. The van der Waals surface area contributed by atoms with E-state index in [0.717, 1.165) is 24.1 Å². The first kappa shape index (κ1) is 13.9. The summed E-state index contributed by atoms with van der Waals surface area (Å²) in [4.78, 5) is 25.2. The van der Waals surface area contributed by atoms with Gasteiger partial charge < -0.3 is 14.4 Å². The van der Waals surface area contributed by atoms with Gasteiger partial charge in [0, 0.05) is 19.8 Å². The normalized spacial score (nSPS) is 26.2. The molecule has 1 aromatic rings. The minimum absolute atomic E-state index is 0.0488. The fourth-order valence-corrected chi connectivity index (χ4v) is 3.75. The number of fused-ring (bicyclic) bond motifs is 3. The van der Waals surface area contributed by atoms with Crippen LogP contribution in [0.5, 0.6) is 5.75 Å². The highest BCUT2D eigenvalue weighted by atomic mass is 16.5. The molecule has 1 aliphatic heterocycles. The summed E-state index contributed by atoms with van der Waals surface area (Å²) in [7, 11) is 1.60. The number of carbonyl (C=O) groups is 2. The van der Waals surface area contributed by atoms with Gasteiger partial charge in [0.05, 0.1) is 18.8 Å². The number of para-hydroxylation sites is 1. The SMILES string of the molecule is COc1cccc2c1N(C(C)=O)[C@H]1[C@@H](OC(C)=O)CC[C@@H]21. The van der Waals surface area contributed by atoms with Gasteiger partial charge in [-0.05, 0) is 24.5 Å². The van der Waals surface area contributed by atoms with Crippen molar-refractivity contribution in [1.29, 1.82) is 0 Å². The molecule has 112 valence electrons. The molecule has 0 saturated heterocycles. The summed E-state index contributed by atoms with van der Waals surface area (Å²) in [6, 6.07) is 5.72. The summed E-state index contributed by atoms with van der Waals surface area (Å²) in [6.45, 7) is 2.95. The number of ether oxygens (including phenoxy) is 2. The number of amides is 1. The summed E-state index contributed by atoms with van der Waals surface area (Å²) in [6.07, 6.45) is 1.45. The van der Waals surface area contributed by atoms with Gasteiger partial charge in [0.25, 0.3) is 0 Å². The van der Waals surface area contributed by atoms with Crippen LogP contribution in [0.1, 0.15) is 38.2 Å². The molecule has 0 bridgehead atoms. The van der Waals surface area contributed by atoms with Crippen molar-refractivity contribution in [2.75, 3.05) is 12.0 Å². The Bertz CT molecular complexity index is 598. The minimum Gasteiger partial charge on any atom is -0.495 e. The number of nitrogens with zero attached hydrogens (tertiary/aromatic N) is 1. The van der Waals surface area contributed by atoms with Gasteiger partial charge >= 0.3 is 5.97 Å². The Kier molecular flexibility index (Phi) is 3.35. The first-order chi connectivity index (χ1) is 10.0. The van der Waals surface area contributed by atoms with Gasteiger partial charge in [0.15, 0.2) is 0 Å². The smallest absolute Gasteiger partial charge is 0.302 e. The Hall–Kier alpha value is -2.04. The molecule has 1 saturated carbocycles. The van der Waals surface area contributed by atoms with Crippen molar-refractivity contribution in [3.8, 4) is 5.75 Å². The standard InChI is InChI=1S/C16H19NO4/c1-9(18)17-15-11(5-4-6-13(15)20-3)12-7-8-14(16(12)17)21-10(2)19/h4-6,12,14,16H,7-8H2,1-3H3/t12-,14-,16+/m0/s1. The average molecular weight is 289 g/mol. The predicted octanol–water partition coefficient (Wildman–Crippen LogP) is 2.24. The van der Waals surface area contributed by atoms with Crippen LogP contribution in [0.3, 0.4) is 0 Å². The van der Waals surface area contributed by atoms with Crippen molar-refractivity contribution in [3.63, 3.8) is 0 Å². The second-order valence-electron chi connectivity index (χ2n) is 5.61. The zero-order valence-electron chi connectivity index (χ0n) is 12.5. The first-order valence-corrected chi connectivity index (χ1v) is 7.18. The van der Waals surface area contributed by atoms with Crippen molar-refractivity contribution < 1.29 is 19.1 Å². The van der Waals surface area contributed by atoms with Gasteiger partial charge in [-0.15, -0.1) is 0 Å². The zero-order chi connectivity index (χ0) is 15.1. The van der Waals surface area contributed by atoms with E-state index in [1.54, 1.807) is 18.9 Å². The lowest BCUT2D eigenvalue weighted by atomic mass is 9.97. The lowest BCUT2D eigenvalue weighted by Gasteiger charge is -2.29. The number of esters is 1. The fraction of sp³-hybridized carbons (Fsp3) is 0.500. The van der Waals surface area contributed by atoms with Crippen LogP contribution in [-0.4, -0.2) is 31.1 Å². The van der Waals surface area contributed by atoms with Crippen molar-refractivity contribution in [3.05, 3.63) is 23.8 Å². The van der Waals surface area contributed by atoms with Crippen LogP contribution in [0.4, 0.5) is 5.69 Å². The van der Waals surface area contributed by atoms with E-state index in [1.807, 2.05) is 18.2 Å². The average Bonchev–Trinajstić information content (AvgIpc) is 2.96. The van der Waals surface area contributed by atoms with E-state index in [4.69, 9.17) is 9.47 Å². The molecule has 1 amide bonds. The largest absolute Gasteiger partial charge is 0.495 e. The third kappa shape index (κ3) is 2.07. The van der Waals surface area contributed by atoms with E-state index in [0.29, 0.717) is 5.75 Å². The monoisotopic (exact) mass is 289 g/mol. The van der Waals surface area contributed by atoms with E-state index in [1.165, 1.54) is 6.92 Å². The molecular formula is C16H19NO4. The Morgan fingerprint density at radius 1 is 1.24 bits per heavy atom. The van der Waals surface area contributed by atoms with Crippen LogP contribution in [0.15, 0.2) is 18.2 Å². The quantitative estimate of drug-likeness (QED) is 0.784. The van der Waals surface area contributed by atoms with Crippen LogP contribution < -0.4 is 9.64 Å². The highest BCUT2D eigenvalue weighted by Gasteiger charge is 2.51. The van der Waals surface area contributed by atoms with E-state index in [-0.39, 0.29) is 29.9 Å². The van der Waals surface area contributed by atoms with Gasteiger partial charge in [0.1, 0.15) is 11.9 Å². The summed E-state index contributed by atoms with van der Waals surface area (Å²) in [5.74, 6) is 0.557. The fourth-order valence-electron chi connectivity index (χ4n) is 3.75. The zero-order valence-corrected chi connectivity index (χ0v) is 12.5. The number of anilines is 1. The van der Waals surface area contributed by atoms with Gasteiger partial charge in [-0.3, -0.25) is 9.59 Å². The second kappa shape index (κ2) is 5.06. The molecule has 1 aromatic carbocycles. The Labute approximate surface area is 123 Å². The van der Waals surface area contributed by atoms with E-state index < -0.39 is 0 Å². The second-order valence-corrected chi connectivity index (χ2v) is 5.61. The summed E-state index contributed by atoms with van der Waals surface area (Å²) in [5, 5.41) is 0. The predicted molar refractivity (Wildman–Crippen MR) is 77.5 cm³/mol. The number of benzene rings is 1. The van der Waals surface area contributed by atoms with Crippen LogP contribution in [0.2, 0.25) is 0 Å². The van der Waals surface area contributed by atoms with Crippen LogP contribution in [0, 0.1) is 0 Å². The third-order valence-corrected chi connectivity index (χ3v) is 4.40. The number of methoxy groups -OCH3 is 1. The molecule has 0 unspecified atom stereocenters. The Morgan fingerprint density at radius 3 is 2.62 bits per heavy atom. The third-order valence-electron chi connectivity index (χ3n) is 4.40. The lowest BCUT2D eigenvalue weighted by Crippen LogP contribution is -2.44. The molecule has 21 heavy (non-hydrogen) atoms. The van der Waals surface area contributed by atoms with Crippen molar-refractivity contribution >= 4 is 17.6 Å². The van der Waals surface area contributed by atoms with Crippen LogP contribution in [0.25, 0.3) is 0 Å². The van der Waals surface area contributed by atoms with E-state index in [2.05, 4.69) is 0 Å². The molecule has 0 N–H and O–H groups in total.